The third-order valence-electron chi connectivity index (χ3n) is 5.29. The molecule has 4 aromatic rings. The molecule has 0 saturated carbocycles. The van der Waals surface area contributed by atoms with E-state index in [-0.39, 0.29) is 10.6 Å². The molecule has 4 heteroatoms. The first-order valence-corrected chi connectivity index (χ1v) is 8.80. The zero-order valence-corrected chi connectivity index (χ0v) is 14.5. The van der Waals surface area contributed by atoms with Crippen molar-refractivity contribution in [1.82, 2.24) is 0 Å². The Labute approximate surface area is 155 Å². The quantitative estimate of drug-likeness (QED) is 0.422. The molecule has 27 heavy (non-hydrogen) atoms. The van der Waals surface area contributed by atoms with E-state index < -0.39 is 0 Å². The number of nitro benzene ring substituents is 1. The molecule has 0 amide bonds. The number of rotatable bonds is 2. The second-order valence-electron chi connectivity index (χ2n) is 6.90. The number of nitrogens with zero attached hydrogens (tertiary/aromatic N) is 1. The summed E-state index contributed by atoms with van der Waals surface area (Å²) in [6, 6.07) is 21.5. The second-order valence-corrected chi connectivity index (χ2v) is 6.90. The molecule has 2 N–H and O–H groups in total. The number of benzene rings is 4. The van der Waals surface area contributed by atoms with Gasteiger partial charge in [-0.25, -0.2) is 0 Å². The van der Waals surface area contributed by atoms with Crippen molar-refractivity contribution >= 4 is 44.6 Å². The lowest BCUT2D eigenvalue weighted by molar-refractivity contribution is -0.384. The lowest BCUT2D eigenvalue weighted by Gasteiger charge is -2.20. The Balaban J connectivity index is 1.76. The zero-order valence-electron chi connectivity index (χ0n) is 14.5. The Morgan fingerprint density at radius 1 is 0.889 bits per heavy atom. The molecule has 0 unspecified atom stereocenters. The molecular weight excluding hydrogens is 336 g/mol. The van der Waals surface area contributed by atoms with Gasteiger partial charge in [0.2, 0.25) is 0 Å². The van der Waals surface area contributed by atoms with Crippen LogP contribution in [-0.2, 0) is 0 Å². The fraction of sp³-hybridized carbons (Fsp3) is 0.0435. The van der Waals surface area contributed by atoms with Crippen LogP contribution in [0.5, 0.6) is 0 Å². The molecule has 0 bridgehead atoms. The Morgan fingerprint density at radius 2 is 1.59 bits per heavy atom. The number of nitro groups is 1. The van der Waals surface area contributed by atoms with Crippen LogP contribution in [0.25, 0.3) is 38.9 Å². The minimum absolute atomic E-state index is 0.0954. The maximum Gasteiger partial charge on any atom is 0.269 e. The van der Waals surface area contributed by atoms with E-state index in [1.807, 2.05) is 0 Å². The van der Waals surface area contributed by atoms with Crippen LogP contribution in [0, 0.1) is 10.1 Å². The van der Waals surface area contributed by atoms with E-state index in [2.05, 4.69) is 48.5 Å². The van der Waals surface area contributed by atoms with Crippen LogP contribution < -0.4 is 11.0 Å². The van der Waals surface area contributed by atoms with Crippen LogP contribution in [0.1, 0.15) is 17.5 Å². The normalized spacial score (nSPS) is 15.0. The lowest BCUT2D eigenvalue weighted by atomic mass is 9.85. The van der Waals surface area contributed by atoms with Crippen molar-refractivity contribution in [3.05, 3.63) is 93.2 Å². The summed E-state index contributed by atoms with van der Waals surface area (Å²) in [5.41, 5.74) is 10.6. The van der Waals surface area contributed by atoms with Gasteiger partial charge in [-0.2, -0.15) is 0 Å². The monoisotopic (exact) mass is 352 g/mol. The van der Waals surface area contributed by atoms with Gasteiger partial charge >= 0.3 is 0 Å². The minimum atomic E-state index is -0.383. The van der Waals surface area contributed by atoms with Gasteiger partial charge in [0.1, 0.15) is 0 Å². The first-order chi connectivity index (χ1) is 13.1. The molecule has 4 aromatic carbocycles. The van der Waals surface area contributed by atoms with Crippen LogP contribution in [0.4, 0.5) is 5.69 Å². The largest absolute Gasteiger partial charge is 0.401 e. The fourth-order valence-electron chi connectivity index (χ4n) is 4.04. The third kappa shape index (κ3) is 2.38. The summed E-state index contributed by atoms with van der Waals surface area (Å²) in [5.74, 6) is 0. The van der Waals surface area contributed by atoms with Gasteiger partial charge in [-0.15, -0.1) is 0 Å². The van der Waals surface area contributed by atoms with Crippen molar-refractivity contribution in [1.29, 1.82) is 0 Å². The van der Waals surface area contributed by atoms with Crippen molar-refractivity contribution in [3.8, 4) is 0 Å². The summed E-state index contributed by atoms with van der Waals surface area (Å²) >= 11 is 0. The topological polar surface area (TPSA) is 69.2 Å². The number of non-ortho nitro benzene ring substituents is 1. The van der Waals surface area contributed by atoms with Gasteiger partial charge < -0.3 is 5.73 Å². The summed E-state index contributed by atoms with van der Waals surface area (Å²) in [7, 11) is 0. The first kappa shape index (κ1) is 15.6. The van der Waals surface area contributed by atoms with Crippen molar-refractivity contribution in [3.63, 3.8) is 0 Å². The highest BCUT2D eigenvalue weighted by atomic mass is 16.6. The van der Waals surface area contributed by atoms with Crippen molar-refractivity contribution < 1.29 is 4.92 Å². The minimum Gasteiger partial charge on any atom is -0.401 e. The van der Waals surface area contributed by atoms with Gasteiger partial charge in [-0.05, 0) is 50.4 Å². The smallest absolute Gasteiger partial charge is 0.269 e. The van der Waals surface area contributed by atoms with Gasteiger partial charge in [0, 0.05) is 29.5 Å². The molecule has 1 aliphatic rings. The Kier molecular flexibility index (Phi) is 3.28. The van der Waals surface area contributed by atoms with Crippen molar-refractivity contribution in [2.75, 3.05) is 0 Å². The van der Waals surface area contributed by atoms with E-state index in [9.17, 15) is 10.1 Å². The molecule has 0 saturated heterocycles. The predicted octanol–water partition coefficient (Wildman–Crippen LogP) is 4.63. The third-order valence-corrected chi connectivity index (χ3v) is 5.29. The van der Waals surface area contributed by atoms with E-state index in [0.717, 1.165) is 22.1 Å². The van der Waals surface area contributed by atoms with E-state index in [4.69, 9.17) is 5.73 Å². The Morgan fingerprint density at radius 3 is 2.30 bits per heavy atom. The zero-order chi connectivity index (χ0) is 18.5. The van der Waals surface area contributed by atoms with E-state index >= 15 is 0 Å². The highest BCUT2D eigenvalue weighted by Crippen LogP contribution is 2.36. The van der Waals surface area contributed by atoms with Crippen LogP contribution in [0.3, 0.4) is 0 Å². The molecule has 1 aliphatic carbocycles. The lowest BCUT2D eigenvalue weighted by Crippen LogP contribution is -2.19. The maximum absolute atomic E-state index is 10.9. The molecular formula is C23H16N2O2. The molecule has 0 heterocycles. The summed E-state index contributed by atoms with van der Waals surface area (Å²) in [4.78, 5) is 10.5. The van der Waals surface area contributed by atoms with Gasteiger partial charge in [0.15, 0.2) is 0 Å². The molecule has 4 nitrogen and oxygen atoms in total. The Bertz CT molecular complexity index is 1300. The van der Waals surface area contributed by atoms with Gasteiger partial charge in [-0.1, -0.05) is 48.5 Å². The summed E-state index contributed by atoms with van der Waals surface area (Å²) < 4.78 is 0. The van der Waals surface area contributed by atoms with E-state index in [1.165, 1.54) is 39.2 Å². The molecule has 0 aromatic heterocycles. The van der Waals surface area contributed by atoms with Crippen molar-refractivity contribution in [2.45, 2.75) is 6.42 Å². The molecule has 0 aliphatic heterocycles. The molecule has 0 spiro atoms. The fourth-order valence-corrected chi connectivity index (χ4v) is 4.04. The average molecular weight is 352 g/mol. The van der Waals surface area contributed by atoms with Crippen LogP contribution >= 0.6 is 0 Å². The van der Waals surface area contributed by atoms with Crippen LogP contribution in [0.15, 0.2) is 66.7 Å². The van der Waals surface area contributed by atoms with Gasteiger partial charge in [0.25, 0.3) is 5.69 Å². The highest BCUT2D eigenvalue weighted by molar-refractivity contribution is 6.16. The van der Waals surface area contributed by atoms with Gasteiger partial charge in [-0.3, -0.25) is 10.1 Å². The molecule has 0 atom stereocenters. The molecule has 0 fully saturated rings. The SMILES string of the molecule is NC1=c2ccc3cccc4ccc(c2c43)C(=Cc2ccc([N+](=O)[O-])cc2)C1. The molecule has 130 valence electrons. The number of hydrogen-bond acceptors (Lipinski definition) is 3. The maximum atomic E-state index is 10.9. The van der Waals surface area contributed by atoms with E-state index in [0.29, 0.717) is 6.42 Å². The molecule has 5 rings (SSSR count). The highest BCUT2D eigenvalue weighted by Gasteiger charge is 2.18. The van der Waals surface area contributed by atoms with Crippen LogP contribution in [-0.4, -0.2) is 4.92 Å². The second kappa shape index (κ2) is 5.68. The number of nitrogens with two attached hydrogens (primary N) is 1. The van der Waals surface area contributed by atoms with Gasteiger partial charge in [0.05, 0.1) is 4.92 Å². The summed E-state index contributed by atoms with van der Waals surface area (Å²) in [5, 5.41) is 16.8. The standard InChI is InChI=1S/C23H16N2O2/c24-21-13-17(12-14-4-8-18(9-5-14)25(26)27)19-10-6-15-2-1-3-16-7-11-20(21)23(19)22(15)16/h1-12H,13,24H2. The van der Waals surface area contributed by atoms with Crippen LogP contribution in [0.2, 0.25) is 0 Å². The predicted molar refractivity (Wildman–Crippen MR) is 110 cm³/mol. The first-order valence-electron chi connectivity index (χ1n) is 8.80. The average Bonchev–Trinajstić information content (AvgIpc) is 2.68. The number of hydrogen-bond donors (Lipinski definition) is 1. The molecule has 0 radical (unpaired) electrons. The van der Waals surface area contributed by atoms with E-state index in [1.54, 1.807) is 12.1 Å². The van der Waals surface area contributed by atoms with Crippen molar-refractivity contribution in [2.24, 2.45) is 5.73 Å². The Hall–Kier alpha value is -3.66. The summed E-state index contributed by atoms with van der Waals surface area (Å²) in [6.07, 6.45) is 2.74. The summed E-state index contributed by atoms with van der Waals surface area (Å²) in [6.45, 7) is 0.